The second-order valence-electron chi connectivity index (χ2n) is 2.58. The van der Waals surface area contributed by atoms with Crippen molar-refractivity contribution in [1.82, 2.24) is 0 Å². The minimum atomic E-state index is -5.60. The lowest BCUT2D eigenvalue weighted by Gasteiger charge is -2.12. The highest BCUT2D eigenvalue weighted by atomic mass is 28.4. The lowest BCUT2D eigenvalue weighted by atomic mass is 10.3. The predicted octanol–water partition coefficient (Wildman–Crippen LogP) is -0.495. The van der Waals surface area contributed by atoms with Crippen molar-refractivity contribution < 1.29 is 36.3 Å². The van der Waals surface area contributed by atoms with Crippen LogP contribution in [0.5, 0.6) is 0 Å². The summed E-state index contributed by atoms with van der Waals surface area (Å²) in [4.78, 5) is 25.5. The highest BCUT2D eigenvalue weighted by Crippen LogP contribution is 2.17. The zero-order valence-electron chi connectivity index (χ0n) is 6.73. The summed E-state index contributed by atoms with van der Waals surface area (Å²) in [5.74, 6) is -12.0. The number of rotatable bonds is 1. The molecule has 0 spiro atoms. The molecule has 0 amide bonds. The van der Waals surface area contributed by atoms with E-state index in [1.54, 1.807) is 0 Å². The van der Waals surface area contributed by atoms with Crippen LogP contribution >= 0.6 is 0 Å². The molecule has 84 valence electrons. The predicted molar refractivity (Wildman–Crippen MR) is 38.3 cm³/mol. The maximum Gasteiger partial charge on any atom is 0.535 e. The van der Waals surface area contributed by atoms with Crippen LogP contribution in [0.15, 0.2) is 0 Å². The van der Waals surface area contributed by atoms with Crippen LogP contribution in [0.25, 0.3) is 0 Å². The molecule has 3 nitrogen and oxygen atoms in total. The van der Waals surface area contributed by atoms with Gasteiger partial charge in [-0.2, -0.15) is 0 Å². The van der Waals surface area contributed by atoms with Gasteiger partial charge in [-0.1, -0.05) is 0 Å². The van der Waals surface area contributed by atoms with Gasteiger partial charge in [-0.3, -0.25) is 0 Å². The highest BCUT2D eigenvalue weighted by molar-refractivity contribution is 6.71. The Morgan fingerprint density at radius 2 is 0.867 bits per heavy atom. The van der Waals surface area contributed by atoms with Crippen molar-refractivity contribution in [3.8, 4) is 0 Å². The molecule has 9 heteroatoms. The quantitative estimate of drug-likeness (QED) is 0.271. The van der Waals surface area contributed by atoms with Crippen molar-refractivity contribution in [3.63, 3.8) is 0 Å². The zero-order chi connectivity index (χ0) is 12.0. The second kappa shape index (κ2) is 3.52. The van der Waals surface area contributed by atoms with Crippen LogP contribution in [-0.4, -0.2) is 23.2 Å². The molecule has 1 aromatic rings. The zero-order valence-corrected chi connectivity index (χ0v) is 7.73. The summed E-state index contributed by atoms with van der Waals surface area (Å²) in [5, 5.41) is -1.99. The third-order valence-corrected chi connectivity index (χ3v) is 2.66. The fourth-order valence-electron chi connectivity index (χ4n) is 0.899. The Kier molecular flexibility index (Phi) is 2.83. The standard InChI is InChI=1S/C6H3F5O3Si/c7-1-2(8)4(10)6(15(12,13)14)5(11)3(1)9/h12-14H. The van der Waals surface area contributed by atoms with Crippen molar-refractivity contribution in [3.05, 3.63) is 29.1 Å². The van der Waals surface area contributed by atoms with Crippen molar-refractivity contribution >= 4 is 14.0 Å². The first-order valence-electron chi connectivity index (χ1n) is 3.37. The normalized spacial score (nSPS) is 12.0. The Bertz CT molecular complexity index is 387. The van der Waals surface area contributed by atoms with Gasteiger partial charge >= 0.3 is 8.80 Å². The summed E-state index contributed by atoms with van der Waals surface area (Å²) in [6, 6.07) is 0. The summed E-state index contributed by atoms with van der Waals surface area (Å²) in [5.41, 5.74) is 0. The minimum absolute atomic E-state index is 1.99. The van der Waals surface area contributed by atoms with E-state index in [1.807, 2.05) is 0 Å². The Balaban J connectivity index is 3.68. The van der Waals surface area contributed by atoms with Gasteiger partial charge in [0.2, 0.25) is 5.82 Å². The minimum Gasteiger partial charge on any atom is -0.386 e. The monoisotopic (exact) mass is 246 g/mol. The topological polar surface area (TPSA) is 60.7 Å². The number of hydrogen-bond donors (Lipinski definition) is 3. The Morgan fingerprint density at radius 3 is 1.13 bits per heavy atom. The molecule has 0 aliphatic heterocycles. The summed E-state index contributed by atoms with van der Waals surface area (Å²) >= 11 is 0. The van der Waals surface area contributed by atoms with E-state index in [0.29, 0.717) is 0 Å². The maximum absolute atomic E-state index is 12.7. The molecule has 15 heavy (non-hydrogen) atoms. The summed E-state index contributed by atoms with van der Waals surface area (Å²) < 4.78 is 62.8. The van der Waals surface area contributed by atoms with Gasteiger partial charge in [0.05, 0.1) is 5.19 Å². The van der Waals surface area contributed by atoms with E-state index in [9.17, 15) is 22.0 Å². The molecule has 0 atom stereocenters. The van der Waals surface area contributed by atoms with Crippen molar-refractivity contribution in [2.45, 2.75) is 0 Å². The lowest BCUT2D eigenvalue weighted by Crippen LogP contribution is -2.53. The number of benzene rings is 1. The first-order valence-corrected chi connectivity index (χ1v) is 5.21. The van der Waals surface area contributed by atoms with Crippen LogP contribution in [-0.2, 0) is 0 Å². The second-order valence-corrected chi connectivity index (χ2v) is 4.35. The molecule has 0 bridgehead atoms. The number of hydrogen-bond acceptors (Lipinski definition) is 3. The average molecular weight is 246 g/mol. The van der Waals surface area contributed by atoms with Crippen molar-refractivity contribution in [2.75, 3.05) is 0 Å². The first-order chi connectivity index (χ1) is 6.68. The molecule has 0 radical (unpaired) electrons. The van der Waals surface area contributed by atoms with E-state index < -0.39 is 43.1 Å². The lowest BCUT2D eigenvalue weighted by molar-refractivity contribution is 0.243. The first kappa shape index (κ1) is 12.0. The molecule has 0 heterocycles. The SMILES string of the molecule is O[Si](O)(O)c1c(F)c(F)c(F)c(F)c1F. The fourth-order valence-corrected chi connectivity index (χ4v) is 1.71. The maximum atomic E-state index is 12.7. The van der Waals surface area contributed by atoms with Crippen LogP contribution in [0, 0.1) is 29.1 Å². The molecule has 0 fully saturated rings. The Hall–Kier alpha value is -1.03. The molecule has 0 saturated heterocycles. The van der Waals surface area contributed by atoms with Gasteiger partial charge < -0.3 is 14.4 Å². The molecule has 0 aromatic heterocycles. The van der Waals surface area contributed by atoms with E-state index in [4.69, 9.17) is 14.4 Å². The molecule has 0 saturated carbocycles. The van der Waals surface area contributed by atoms with E-state index in [1.165, 1.54) is 0 Å². The fraction of sp³-hybridized carbons (Fsp3) is 0. The van der Waals surface area contributed by atoms with E-state index in [-0.39, 0.29) is 0 Å². The third-order valence-electron chi connectivity index (χ3n) is 1.55. The van der Waals surface area contributed by atoms with E-state index in [2.05, 4.69) is 0 Å². The van der Waals surface area contributed by atoms with Gasteiger partial charge in [0.15, 0.2) is 23.3 Å². The van der Waals surface area contributed by atoms with Crippen LogP contribution < -0.4 is 5.19 Å². The van der Waals surface area contributed by atoms with Crippen molar-refractivity contribution in [1.29, 1.82) is 0 Å². The van der Waals surface area contributed by atoms with Crippen LogP contribution in [0.1, 0.15) is 0 Å². The Morgan fingerprint density at radius 1 is 0.600 bits per heavy atom. The van der Waals surface area contributed by atoms with Gasteiger partial charge in [0.25, 0.3) is 0 Å². The van der Waals surface area contributed by atoms with E-state index in [0.717, 1.165) is 0 Å². The van der Waals surface area contributed by atoms with Gasteiger partial charge in [-0.15, -0.1) is 0 Å². The van der Waals surface area contributed by atoms with Gasteiger partial charge in [-0.05, 0) is 0 Å². The molecular weight excluding hydrogens is 243 g/mol. The summed E-state index contributed by atoms with van der Waals surface area (Å²) in [7, 11) is -5.60. The van der Waals surface area contributed by atoms with Crippen LogP contribution in [0.4, 0.5) is 22.0 Å². The van der Waals surface area contributed by atoms with Crippen molar-refractivity contribution in [2.24, 2.45) is 0 Å². The molecule has 1 aromatic carbocycles. The molecular formula is C6H3F5O3Si. The molecule has 0 unspecified atom stereocenters. The molecule has 1 rings (SSSR count). The third kappa shape index (κ3) is 1.86. The van der Waals surface area contributed by atoms with E-state index >= 15 is 0 Å². The smallest absolute Gasteiger partial charge is 0.386 e. The molecule has 0 aliphatic carbocycles. The van der Waals surface area contributed by atoms with Gasteiger partial charge in [0, 0.05) is 0 Å². The van der Waals surface area contributed by atoms with Crippen LogP contribution in [0.3, 0.4) is 0 Å². The van der Waals surface area contributed by atoms with Gasteiger partial charge in [0.1, 0.15) is 0 Å². The Labute approximate surface area is 80.4 Å². The highest BCUT2D eigenvalue weighted by Gasteiger charge is 2.42. The average Bonchev–Trinajstić information content (AvgIpc) is 2.09. The number of halogens is 5. The van der Waals surface area contributed by atoms with Gasteiger partial charge in [-0.25, -0.2) is 22.0 Å². The summed E-state index contributed by atoms with van der Waals surface area (Å²) in [6.45, 7) is 0. The molecule has 0 aliphatic rings. The largest absolute Gasteiger partial charge is 0.535 e. The molecule has 3 N–H and O–H groups in total. The van der Waals surface area contributed by atoms with Crippen LogP contribution in [0.2, 0.25) is 0 Å². The summed E-state index contributed by atoms with van der Waals surface area (Å²) in [6.07, 6.45) is 0.